The van der Waals surface area contributed by atoms with Crippen molar-refractivity contribution in [2.75, 3.05) is 25.1 Å². The molecule has 20 heavy (non-hydrogen) atoms. The van der Waals surface area contributed by atoms with Crippen LogP contribution in [-0.4, -0.2) is 24.4 Å². The van der Waals surface area contributed by atoms with Gasteiger partial charge in [0.2, 0.25) is 0 Å². The Morgan fingerprint density at radius 1 is 1.00 bits per heavy atom. The molecule has 4 nitrogen and oxygen atoms in total. The van der Waals surface area contributed by atoms with Crippen molar-refractivity contribution in [2.24, 2.45) is 0 Å². The number of hydrogen-bond donors (Lipinski definition) is 2. The molecule has 112 valence electrons. The van der Waals surface area contributed by atoms with Crippen LogP contribution in [0, 0.1) is 0 Å². The lowest BCUT2D eigenvalue weighted by Gasteiger charge is -2.17. The fourth-order valence-corrected chi connectivity index (χ4v) is 2.25. The topological polar surface area (TPSA) is 72.3 Å². The number of amides is 1. The van der Waals surface area contributed by atoms with Crippen LogP contribution in [0.1, 0.15) is 55.8 Å². The Labute approximate surface area is 122 Å². The smallest absolute Gasteiger partial charge is 0.253 e. The molecule has 0 radical (unpaired) electrons. The zero-order valence-corrected chi connectivity index (χ0v) is 12.7. The molecule has 0 saturated carbocycles. The van der Waals surface area contributed by atoms with E-state index in [-0.39, 0.29) is 5.91 Å². The van der Waals surface area contributed by atoms with Gasteiger partial charge >= 0.3 is 0 Å². The number of nitrogens with zero attached hydrogens (tertiary/aromatic N) is 1. The summed E-state index contributed by atoms with van der Waals surface area (Å²) in [4.78, 5) is 14.0. The van der Waals surface area contributed by atoms with Crippen molar-refractivity contribution in [3.05, 3.63) is 23.8 Å². The molecule has 1 rings (SSSR count). The lowest BCUT2D eigenvalue weighted by atomic mass is 10.1. The normalized spacial score (nSPS) is 10.5. The highest BCUT2D eigenvalue weighted by Crippen LogP contribution is 2.15. The molecule has 1 aromatic carbocycles. The van der Waals surface area contributed by atoms with Gasteiger partial charge in [-0.3, -0.25) is 4.79 Å². The Morgan fingerprint density at radius 3 is 2.15 bits per heavy atom. The van der Waals surface area contributed by atoms with Gasteiger partial charge in [0, 0.05) is 30.5 Å². The molecular formula is C16H27N3O. The van der Waals surface area contributed by atoms with E-state index in [4.69, 9.17) is 11.5 Å². The van der Waals surface area contributed by atoms with Crippen LogP contribution in [-0.2, 0) is 0 Å². The number of nitrogens with two attached hydrogens (primary N) is 2. The van der Waals surface area contributed by atoms with Crippen LogP contribution in [0.25, 0.3) is 0 Å². The standard InChI is InChI=1S/C16H27N3O/c1-3-4-5-6-7-8-9-19(2)16(20)13-10-14(17)12-15(18)11-13/h10-12H,3-9,17-18H2,1-2H3. The number of anilines is 2. The third-order valence-corrected chi connectivity index (χ3v) is 3.42. The molecule has 4 N–H and O–H groups in total. The highest BCUT2D eigenvalue weighted by Gasteiger charge is 2.12. The molecule has 1 amide bonds. The minimum absolute atomic E-state index is 0.0161. The average molecular weight is 277 g/mol. The van der Waals surface area contributed by atoms with Gasteiger partial charge in [-0.1, -0.05) is 39.0 Å². The Morgan fingerprint density at radius 2 is 1.55 bits per heavy atom. The fourth-order valence-electron chi connectivity index (χ4n) is 2.25. The first-order valence-electron chi connectivity index (χ1n) is 7.46. The quantitative estimate of drug-likeness (QED) is 0.565. The molecule has 0 aromatic heterocycles. The van der Waals surface area contributed by atoms with Crippen molar-refractivity contribution in [1.82, 2.24) is 4.90 Å². The number of benzene rings is 1. The number of carbonyl (C=O) groups excluding carboxylic acids is 1. The van der Waals surface area contributed by atoms with Crippen LogP contribution in [0.5, 0.6) is 0 Å². The van der Waals surface area contributed by atoms with Crippen LogP contribution in [0.2, 0.25) is 0 Å². The van der Waals surface area contributed by atoms with Gasteiger partial charge in [0.1, 0.15) is 0 Å². The van der Waals surface area contributed by atoms with E-state index in [0.717, 1.165) is 13.0 Å². The summed E-state index contributed by atoms with van der Waals surface area (Å²) in [6.07, 6.45) is 7.33. The van der Waals surface area contributed by atoms with Crippen LogP contribution in [0.15, 0.2) is 18.2 Å². The zero-order valence-electron chi connectivity index (χ0n) is 12.7. The zero-order chi connectivity index (χ0) is 15.0. The van der Waals surface area contributed by atoms with Gasteiger partial charge in [-0.15, -0.1) is 0 Å². The van der Waals surface area contributed by atoms with Crippen LogP contribution < -0.4 is 11.5 Å². The van der Waals surface area contributed by atoms with Crippen molar-refractivity contribution in [2.45, 2.75) is 45.4 Å². The van der Waals surface area contributed by atoms with Crippen molar-refractivity contribution >= 4 is 17.3 Å². The summed E-state index contributed by atoms with van der Waals surface area (Å²) < 4.78 is 0. The van der Waals surface area contributed by atoms with Gasteiger partial charge in [-0.05, 0) is 24.6 Å². The van der Waals surface area contributed by atoms with E-state index in [1.807, 2.05) is 7.05 Å². The molecule has 0 aliphatic rings. The molecule has 0 saturated heterocycles. The Bertz CT molecular complexity index is 411. The first-order valence-corrected chi connectivity index (χ1v) is 7.46. The predicted octanol–water partition coefficient (Wildman–Crippen LogP) is 3.28. The average Bonchev–Trinajstić information content (AvgIpc) is 2.40. The number of carbonyl (C=O) groups is 1. The summed E-state index contributed by atoms with van der Waals surface area (Å²) in [5, 5.41) is 0. The van der Waals surface area contributed by atoms with Crippen molar-refractivity contribution < 1.29 is 4.79 Å². The molecule has 0 spiro atoms. The number of hydrogen-bond acceptors (Lipinski definition) is 3. The van der Waals surface area contributed by atoms with Crippen molar-refractivity contribution in [1.29, 1.82) is 0 Å². The van der Waals surface area contributed by atoms with Gasteiger partial charge in [0.25, 0.3) is 5.91 Å². The summed E-state index contributed by atoms with van der Waals surface area (Å²) >= 11 is 0. The SMILES string of the molecule is CCCCCCCCN(C)C(=O)c1cc(N)cc(N)c1. The number of nitrogen functional groups attached to an aromatic ring is 2. The van der Waals surface area contributed by atoms with E-state index < -0.39 is 0 Å². The molecule has 0 atom stereocenters. The van der Waals surface area contributed by atoms with Crippen LogP contribution >= 0.6 is 0 Å². The molecule has 0 heterocycles. The van der Waals surface area contributed by atoms with E-state index in [9.17, 15) is 4.79 Å². The summed E-state index contributed by atoms with van der Waals surface area (Å²) in [6.45, 7) is 2.99. The third kappa shape index (κ3) is 5.51. The van der Waals surface area contributed by atoms with E-state index in [1.54, 1.807) is 23.1 Å². The number of unbranched alkanes of at least 4 members (excludes halogenated alkanes) is 5. The van der Waals surface area contributed by atoms with Crippen LogP contribution in [0.4, 0.5) is 11.4 Å². The Hall–Kier alpha value is -1.71. The van der Waals surface area contributed by atoms with Crippen LogP contribution in [0.3, 0.4) is 0 Å². The predicted molar refractivity (Wildman–Crippen MR) is 85.6 cm³/mol. The fraction of sp³-hybridized carbons (Fsp3) is 0.562. The van der Waals surface area contributed by atoms with E-state index in [1.165, 1.54) is 32.1 Å². The second-order valence-corrected chi connectivity index (χ2v) is 5.38. The molecule has 1 aromatic rings. The molecule has 0 unspecified atom stereocenters. The minimum atomic E-state index is -0.0161. The maximum Gasteiger partial charge on any atom is 0.253 e. The van der Waals surface area contributed by atoms with Crippen molar-refractivity contribution in [3.63, 3.8) is 0 Å². The van der Waals surface area contributed by atoms with Gasteiger partial charge in [0.15, 0.2) is 0 Å². The summed E-state index contributed by atoms with van der Waals surface area (Å²) in [5.74, 6) is -0.0161. The summed E-state index contributed by atoms with van der Waals surface area (Å²) in [6, 6.07) is 5.01. The maximum absolute atomic E-state index is 12.2. The van der Waals surface area contributed by atoms with Gasteiger partial charge in [-0.25, -0.2) is 0 Å². The Balaban J connectivity index is 2.39. The molecule has 0 bridgehead atoms. The summed E-state index contributed by atoms with van der Waals surface area (Å²) in [7, 11) is 1.83. The van der Waals surface area contributed by atoms with Gasteiger partial charge in [-0.2, -0.15) is 0 Å². The largest absolute Gasteiger partial charge is 0.399 e. The monoisotopic (exact) mass is 277 g/mol. The van der Waals surface area contributed by atoms with E-state index in [2.05, 4.69) is 6.92 Å². The lowest BCUT2D eigenvalue weighted by molar-refractivity contribution is 0.0792. The first-order chi connectivity index (χ1) is 9.54. The van der Waals surface area contributed by atoms with Gasteiger partial charge < -0.3 is 16.4 Å². The van der Waals surface area contributed by atoms with Gasteiger partial charge in [0.05, 0.1) is 0 Å². The van der Waals surface area contributed by atoms with Crippen molar-refractivity contribution in [3.8, 4) is 0 Å². The van der Waals surface area contributed by atoms with E-state index in [0.29, 0.717) is 16.9 Å². The second-order valence-electron chi connectivity index (χ2n) is 5.38. The molecule has 0 aliphatic carbocycles. The molecular weight excluding hydrogens is 250 g/mol. The second kappa shape index (κ2) is 8.46. The highest BCUT2D eigenvalue weighted by atomic mass is 16.2. The summed E-state index contributed by atoms with van der Waals surface area (Å²) in [5.41, 5.74) is 13.1. The minimum Gasteiger partial charge on any atom is -0.399 e. The third-order valence-electron chi connectivity index (χ3n) is 3.42. The van der Waals surface area contributed by atoms with E-state index >= 15 is 0 Å². The lowest BCUT2D eigenvalue weighted by Crippen LogP contribution is -2.27. The number of rotatable bonds is 8. The molecule has 0 fully saturated rings. The molecule has 4 heteroatoms. The molecule has 0 aliphatic heterocycles. The highest BCUT2D eigenvalue weighted by molar-refractivity contribution is 5.95. The maximum atomic E-state index is 12.2. The first kappa shape index (κ1) is 16.3. The Kier molecular flexibility index (Phi) is 6.91.